The van der Waals surface area contributed by atoms with Crippen LogP contribution in [0, 0.1) is 0 Å². The largest absolute Gasteiger partial charge is 0.271 e. The Bertz CT molecular complexity index is 575. The number of benzene rings is 2. The van der Waals surface area contributed by atoms with Gasteiger partial charge in [0.25, 0.3) is 0 Å². The van der Waals surface area contributed by atoms with Crippen LogP contribution >= 0.6 is 39.1 Å². The van der Waals surface area contributed by atoms with Crippen LogP contribution < -0.4 is 11.3 Å². The predicted octanol–water partition coefficient (Wildman–Crippen LogP) is 4.50. The molecule has 5 heteroatoms. The summed E-state index contributed by atoms with van der Waals surface area (Å²) in [6.45, 7) is 0. The van der Waals surface area contributed by atoms with Crippen LogP contribution in [-0.2, 0) is 6.42 Å². The van der Waals surface area contributed by atoms with Crippen molar-refractivity contribution in [2.45, 2.75) is 12.5 Å². The molecule has 0 aliphatic rings. The quantitative estimate of drug-likeness (QED) is 0.622. The normalized spacial score (nSPS) is 12.4. The summed E-state index contributed by atoms with van der Waals surface area (Å²) < 4.78 is 1.04. The molecule has 2 aromatic rings. The van der Waals surface area contributed by atoms with Crippen molar-refractivity contribution >= 4 is 39.1 Å². The standard InChI is InChI=1S/C14H13BrCl2N2/c15-10-4-1-3-9(7-10)8-13(19-18)11-5-2-6-12(16)14(11)17/h1-7,13,19H,8,18H2. The van der Waals surface area contributed by atoms with Gasteiger partial charge < -0.3 is 0 Å². The van der Waals surface area contributed by atoms with E-state index in [4.69, 9.17) is 29.0 Å². The van der Waals surface area contributed by atoms with Gasteiger partial charge in [-0.2, -0.15) is 0 Å². The van der Waals surface area contributed by atoms with Crippen LogP contribution in [0.3, 0.4) is 0 Å². The zero-order valence-electron chi connectivity index (χ0n) is 10.0. The van der Waals surface area contributed by atoms with Gasteiger partial charge in [0.05, 0.1) is 16.1 Å². The first kappa shape index (κ1) is 14.8. The number of nitrogens with one attached hydrogen (secondary N) is 1. The third-order valence-corrected chi connectivity index (χ3v) is 4.21. The third kappa shape index (κ3) is 3.71. The van der Waals surface area contributed by atoms with E-state index in [2.05, 4.69) is 27.4 Å². The number of hydrogen-bond acceptors (Lipinski definition) is 2. The Morgan fingerprint density at radius 3 is 2.58 bits per heavy atom. The maximum Gasteiger partial charge on any atom is 0.0640 e. The number of rotatable bonds is 4. The van der Waals surface area contributed by atoms with E-state index >= 15 is 0 Å². The molecule has 0 fully saturated rings. The van der Waals surface area contributed by atoms with Crippen LogP contribution in [0.4, 0.5) is 0 Å². The smallest absolute Gasteiger partial charge is 0.0640 e. The third-order valence-electron chi connectivity index (χ3n) is 2.89. The average Bonchev–Trinajstić information content (AvgIpc) is 2.40. The molecular formula is C14H13BrCl2N2. The SMILES string of the molecule is NNC(Cc1cccc(Br)c1)c1cccc(Cl)c1Cl. The van der Waals surface area contributed by atoms with Gasteiger partial charge >= 0.3 is 0 Å². The highest BCUT2D eigenvalue weighted by atomic mass is 79.9. The van der Waals surface area contributed by atoms with E-state index in [-0.39, 0.29) is 6.04 Å². The first-order chi connectivity index (χ1) is 9.11. The Morgan fingerprint density at radius 1 is 1.16 bits per heavy atom. The molecule has 2 nitrogen and oxygen atoms in total. The first-order valence-corrected chi connectivity index (χ1v) is 7.31. The van der Waals surface area contributed by atoms with Crippen LogP contribution in [0.25, 0.3) is 0 Å². The Morgan fingerprint density at radius 2 is 1.89 bits per heavy atom. The van der Waals surface area contributed by atoms with Crippen LogP contribution in [-0.4, -0.2) is 0 Å². The molecule has 3 N–H and O–H groups in total. The summed E-state index contributed by atoms with van der Waals surface area (Å²) in [4.78, 5) is 0. The highest BCUT2D eigenvalue weighted by molar-refractivity contribution is 9.10. The van der Waals surface area contributed by atoms with Crippen LogP contribution in [0.2, 0.25) is 10.0 Å². The van der Waals surface area contributed by atoms with Crippen molar-refractivity contribution in [1.29, 1.82) is 0 Å². The fraction of sp³-hybridized carbons (Fsp3) is 0.143. The van der Waals surface area contributed by atoms with Crippen molar-refractivity contribution in [3.63, 3.8) is 0 Å². The van der Waals surface area contributed by atoms with Crippen molar-refractivity contribution in [3.8, 4) is 0 Å². The molecule has 2 rings (SSSR count). The number of hydrogen-bond donors (Lipinski definition) is 2. The fourth-order valence-electron chi connectivity index (χ4n) is 1.95. The number of hydrazine groups is 1. The first-order valence-electron chi connectivity index (χ1n) is 5.76. The molecule has 1 atom stereocenters. The molecule has 19 heavy (non-hydrogen) atoms. The minimum Gasteiger partial charge on any atom is -0.271 e. The molecule has 0 aliphatic heterocycles. The number of halogens is 3. The van der Waals surface area contributed by atoms with E-state index in [1.807, 2.05) is 30.3 Å². The van der Waals surface area contributed by atoms with Gasteiger partial charge in [0.2, 0.25) is 0 Å². The summed E-state index contributed by atoms with van der Waals surface area (Å²) in [6.07, 6.45) is 0.732. The van der Waals surface area contributed by atoms with Crippen LogP contribution in [0.5, 0.6) is 0 Å². The monoisotopic (exact) mass is 358 g/mol. The van der Waals surface area contributed by atoms with E-state index in [9.17, 15) is 0 Å². The van der Waals surface area contributed by atoms with Gasteiger partial charge in [0, 0.05) is 4.47 Å². The predicted molar refractivity (Wildman–Crippen MR) is 84.4 cm³/mol. The van der Waals surface area contributed by atoms with Crippen molar-refractivity contribution in [3.05, 3.63) is 68.1 Å². The highest BCUT2D eigenvalue weighted by Crippen LogP contribution is 2.31. The Hall–Kier alpha value is -0.580. The average molecular weight is 360 g/mol. The molecular weight excluding hydrogens is 347 g/mol. The molecule has 0 radical (unpaired) electrons. The summed E-state index contributed by atoms with van der Waals surface area (Å²) in [5, 5.41) is 1.08. The molecule has 0 saturated heterocycles. The van der Waals surface area contributed by atoms with Gasteiger partial charge in [0.15, 0.2) is 0 Å². The van der Waals surface area contributed by atoms with Gasteiger partial charge in [-0.05, 0) is 35.7 Å². The summed E-state index contributed by atoms with van der Waals surface area (Å²) in [5.74, 6) is 5.65. The second-order valence-electron chi connectivity index (χ2n) is 4.20. The summed E-state index contributed by atoms with van der Waals surface area (Å²) in [6, 6.07) is 13.6. The van der Waals surface area contributed by atoms with Crippen LogP contribution in [0.1, 0.15) is 17.2 Å². The maximum atomic E-state index is 6.23. The lowest BCUT2D eigenvalue weighted by molar-refractivity contribution is 0.552. The molecule has 1 unspecified atom stereocenters. The summed E-state index contributed by atoms with van der Waals surface area (Å²) >= 11 is 15.7. The molecule has 0 bridgehead atoms. The summed E-state index contributed by atoms with van der Waals surface area (Å²) in [7, 11) is 0. The fourth-order valence-corrected chi connectivity index (χ4v) is 2.83. The van der Waals surface area contributed by atoms with Gasteiger partial charge in [-0.1, -0.05) is 63.4 Å². The van der Waals surface area contributed by atoms with Gasteiger partial charge in [-0.15, -0.1) is 0 Å². The molecule has 0 saturated carbocycles. The summed E-state index contributed by atoms with van der Waals surface area (Å²) in [5.41, 5.74) is 4.86. The zero-order valence-corrected chi connectivity index (χ0v) is 13.1. The molecule has 0 amide bonds. The van der Waals surface area contributed by atoms with Crippen molar-refractivity contribution in [2.75, 3.05) is 0 Å². The zero-order chi connectivity index (χ0) is 13.8. The number of nitrogens with two attached hydrogens (primary N) is 1. The Labute approximate surface area is 131 Å². The van der Waals surface area contributed by atoms with Crippen LogP contribution in [0.15, 0.2) is 46.9 Å². The molecule has 2 aromatic carbocycles. The van der Waals surface area contributed by atoms with E-state index in [0.29, 0.717) is 10.0 Å². The van der Waals surface area contributed by atoms with Gasteiger partial charge in [-0.3, -0.25) is 11.3 Å². The van der Waals surface area contributed by atoms with Crippen molar-refractivity contribution in [2.24, 2.45) is 5.84 Å². The lowest BCUT2D eigenvalue weighted by Gasteiger charge is -2.18. The second kappa shape index (κ2) is 6.73. The van der Waals surface area contributed by atoms with Gasteiger partial charge in [-0.25, -0.2) is 0 Å². The molecule has 0 aliphatic carbocycles. The molecule has 0 heterocycles. The van der Waals surface area contributed by atoms with E-state index < -0.39 is 0 Å². The molecule has 0 aromatic heterocycles. The highest BCUT2D eigenvalue weighted by Gasteiger charge is 2.15. The Balaban J connectivity index is 2.28. The lowest BCUT2D eigenvalue weighted by Crippen LogP contribution is -2.29. The van der Waals surface area contributed by atoms with Crippen molar-refractivity contribution in [1.82, 2.24) is 5.43 Å². The topological polar surface area (TPSA) is 38.0 Å². The van der Waals surface area contributed by atoms with E-state index in [1.165, 1.54) is 0 Å². The van der Waals surface area contributed by atoms with Gasteiger partial charge in [0.1, 0.15) is 0 Å². The maximum absolute atomic E-state index is 6.23. The van der Waals surface area contributed by atoms with E-state index in [1.54, 1.807) is 6.07 Å². The minimum absolute atomic E-state index is 0.0829. The van der Waals surface area contributed by atoms with Crippen molar-refractivity contribution < 1.29 is 0 Å². The molecule has 0 spiro atoms. The second-order valence-corrected chi connectivity index (χ2v) is 5.90. The van der Waals surface area contributed by atoms with E-state index in [0.717, 1.165) is 22.0 Å². The minimum atomic E-state index is -0.0829. The Kier molecular flexibility index (Phi) is 5.25. The lowest BCUT2D eigenvalue weighted by atomic mass is 9.99. The molecule has 100 valence electrons.